The normalized spacial score (nSPS) is 12.1. The van der Waals surface area contributed by atoms with E-state index in [-0.39, 0.29) is 5.69 Å². The number of alkyl halides is 3. The number of rotatable bonds is 4. The zero-order valence-electron chi connectivity index (χ0n) is 14.2. The fraction of sp³-hybridized carbons (Fsp3) is 0.105. The lowest BCUT2D eigenvalue weighted by Crippen LogP contribution is -2.32. The predicted octanol–water partition coefficient (Wildman–Crippen LogP) is 3.85. The van der Waals surface area contributed by atoms with Crippen LogP contribution in [0.15, 0.2) is 65.8 Å². The number of allylic oxidation sites excluding steroid dienone is 1. The summed E-state index contributed by atoms with van der Waals surface area (Å²) in [6.45, 7) is 1.63. The Labute approximate surface area is 153 Å². The first-order valence-electron chi connectivity index (χ1n) is 7.82. The van der Waals surface area contributed by atoms with Gasteiger partial charge in [0.2, 0.25) is 0 Å². The number of hydrazone groups is 1. The van der Waals surface area contributed by atoms with E-state index in [0.29, 0.717) is 5.71 Å². The van der Waals surface area contributed by atoms with Gasteiger partial charge in [-0.1, -0.05) is 36.4 Å². The maximum atomic E-state index is 12.5. The quantitative estimate of drug-likeness (QED) is 0.484. The first-order valence-corrected chi connectivity index (χ1v) is 7.82. The molecule has 0 saturated heterocycles. The fourth-order valence-electron chi connectivity index (χ4n) is 1.94. The number of carbonyl (C=O) groups is 2. The van der Waals surface area contributed by atoms with Crippen LogP contribution in [0.25, 0.3) is 6.08 Å². The van der Waals surface area contributed by atoms with E-state index >= 15 is 0 Å². The highest BCUT2D eigenvalue weighted by atomic mass is 19.4. The van der Waals surface area contributed by atoms with Crippen molar-refractivity contribution in [2.24, 2.45) is 5.10 Å². The van der Waals surface area contributed by atoms with E-state index in [1.165, 1.54) is 0 Å². The molecule has 0 aliphatic heterocycles. The van der Waals surface area contributed by atoms with Gasteiger partial charge in [-0.25, -0.2) is 5.43 Å². The van der Waals surface area contributed by atoms with Gasteiger partial charge >= 0.3 is 18.0 Å². The molecule has 0 aliphatic carbocycles. The molecule has 2 aromatic rings. The van der Waals surface area contributed by atoms with Crippen molar-refractivity contribution in [2.75, 3.05) is 5.32 Å². The van der Waals surface area contributed by atoms with Gasteiger partial charge < -0.3 is 5.32 Å². The summed E-state index contributed by atoms with van der Waals surface area (Å²) in [6, 6.07) is 13.1. The number of anilines is 1. The van der Waals surface area contributed by atoms with Crippen LogP contribution >= 0.6 is 0 Å². The highest BCUT2D eigenvalue weighted by Crippen LogP contribution is 2.29. The van der Waals surface area contributed by atoms with Crippen LogP contribution in [-0.2, 0) is 15.8 Å². The van der Waals surface area contributed by atoms with Gasteiger partial charge in [-0.05, 0) is 42.8 Å². The van der Waals surface area contributed by atoms with E-state index in [1.54, 1.807) is 19.1 Å². The number of hydrogen-bond acceptors (Lipinski definition) is 3. The first kappa shape index (κ1) is 19.9. The second-order valence-electron chi connectivity index (χ2n) is 5.47. The van der Waals surface area contributed by atoms with Crippen LogP contribution < -0.4 is 10.7 Å². The third-order valence-electron chi connectivity index (χ3n) is 3.33. The van der Waals surface area contributed by atoms with Gasteiger partial charge in [0.25, 0.3) is 0 Å². The van der Waals surface area contributed by atoms with E-state index in [1.807, 2.05) is 30.3 Å². The average Bonchev–Trinajstić information content (AvgIpc) is 2.65. The molecule has 0 unspecified atom stereocenters. The number of nitrogens with one attached hydrogen (secondary N) is 2. The van der Waals surface area contributed by atoms with Crippen molar-refractivity contribution in [3.8, 4) is 0 Å². The molecule has 2 rings (SSSR count). The standard InChI is InChI=1S/C19H16F3N3O2/c1-13(7-8-14-5-3-2-4-6-14)24-25-18(27)17(26)23-16-11-9-15(10-12-16)19(20,21)22/h2-12H,1H3,(H,23,26)(H,25,27)/b8-7+,24-13?. The minimum absolute atomic E-state index is 0.0628. The highest BCUT2D eigenvalue weighted by Gasteiger charge is 2.30. The molecule has 2 N–H and O–H groups in total. The summed E-state index contributed by atoms with van der Waals surface area (Å²) in [5.41, 5.74) is 2.69. The Balaban J connectivity index is 1.89. The fourth-order valence-corrected chi connectivity index (χ4v) is 1.94. The van der Waals surface area contributed by atoms with Crippen molar-refractivity contribution in [3.05, 3.63) is 71.8 Å². The van der Waals surface area contributed by atoms with Crippen molar-refractivity contribution in [2.45, 2.75) is 13.1 Å². The molecule has 0 atom stereocenters. The minimum atomic E-state index is -4.47. The Bertz CT molecular complexity index is 858. The molecule has 2 amide bonds. The highest BCUT2D eigenvalue weighted by molar-refractivity contribution is 6.39. The molecule has 0 aliphatic rings. The number of halogens is 3. The summed E-state index contributed by atoms with van der Waals surface area (Å²) in [6.07, 6.45) is -1.03. The van der Waals surface area contributed by atoms with Crippen molar-refractivity contribution in [1.82, 2.24) is 5.43 Å². The summed E-state index contributed by atoms with van der Waals surface area (Å²) in [5.74, 6) is -2.08. The largest absolute Gasteiger partial charge is 0.416 e. The van der Waals surface area contributed by atoms with E-state index in [4.69, 9.17) is 0 Å². The van der Waals surface area contributed by atoms with Crippen LogP contribution in [0.1, 0.15) is 18.1 Å². The van der Waals surface area contributed by atoms with Gasteiger partial charge in [-0.3, -0.25) is 9.59 Å². The molecule has 0 heterocycles. The number of nitrogens with zero attached hydrogens (tertiary/aromatic N) is 1. The molecule has 2 aromatic carbocycles. The molecule has 0 spiro atoms. The van der Waals surface area contributed by atoms with Crippen molar-refractivity contribution < 1.29 is 22.8 Å². The van der Waals surface area contributed by atoms with Crippen LogP contribution in [-0.4, -0.2) is 17.5 Å². The SMILES string of the molecule is CC(/C=C/c1ccccc1)=NNC(=O)C(=O)Nc1ccc(C(F)(F)F)cc1. The third-order valence-corrected chi connectivity index (χ3v) is 3.33. The van der Waals surface area contributed by atoms with Crippen molar-refractivity contribution in [3.63, 3.8) is 0 Å². The molecule has 140 valence electrons. The Morgan fingerprint density at radius 1 is 0.963 bits per heavy atom. The molecule has 8 heteroatoms. The van der Waals surface area contributed by atoms with Gasteiger partial charge in [0.15, 0.2) is 0 Å². The number of benzene rings is 2. The molecule has 27 heavy (non-hydrogen) atoms. The molecular weight excluding hydrogens is 359 g/mol. The van der Waals surface area contributed by atoms with Crippen LogP contribution in [0.4, 0.5) is 18.9 Å². The van der Waals surface area contributed by atoms with Gasteiger partial charge in [0, 0.05) is 5.69 Å². The summed E-state index contributed by atoms with van der Waals surface area (Å²) in [4.78, 5) is 23.5. The van der Waals surface area contributed by atoms with E-state index in [2.05, 4.69) is 15.8 Å². The van der Waals surface area contributed by atoms with Crippen molar-refractivity contribution >= 4 is 29.3 Å². The van der Waals surface area contributed by atoms with Gasteiger partial charge in [0.1, 0.15) is 0 Å². The molecule has 0 radical (unpaired) electrons. The summed E-state index contributed by atoms with van der Waals surface area (Å²) >= 11 is 0. The molecule has 0 aromatic heterocycles. The Kier molecular flexibility index (Phi) is 6.48. The lowest BCUT2D eigenvalue weighted by atomic mass is 10.2. The van der Waals surface area contributed by atoms with E-state index < -0.39 is 23.6 Å². The molecular formula is C19H16F3N3O2. The Morgan fingerprint density at radius 2 is 1.59 bits per heavy atom. The number of carbonyl (C=O) groups excluding carboxylic acids is 2. The topological polar surface area (TPSA) is 70.6 Å². The molecule has 0 bridgehead atoms. The second-order valence-corrected chi connectivity index (χ2v) is 5.47. The zero-order chi connectivity index (χ0) is 19.9. The monoisotopic (exact) mass is 375 g/mol. The smallest absolute Gasteiger partial charge is 0.318 e. The van der Waals surface area contributed by atoms with Crippen LogP contribution in [0.2, 0.25) is 0 Å². The Morgan fingerprint density at radius 3 is 2.19 bits per heavy atom. The minimum Gasteiger partial charge on any atom is -0.318 e. The summed E-state index contributed by atoms with van der Waals surface area (Å²) in [7, 11) is 0. The summed E-state index contributed by atoms with van der Waals surface area (Å²) < 4.78 is 37.5. The van der Waals surface area contributed by atoms with Crippen LogP contribution in [0.5, 0.6) is 0 Å². The van der Waals surface area contributed by atoms with Crippen LogP contribution in [0.3, 0.4) is 0 Å². The number of hydrogen-bond donors (Lipinski definition) is 2. The van der Waals surface area contributed by atoms with E-state index in [9.17, 15) is 22.8 Å². The Hall–Kier alpha value is -3.42. The van der Waals surface area contributed by atoms with Gasteiger partial charge in [-0.15, -0.1) is 0 Å². The lowest BCUT2D eigenvalue weighted by molar-refractivity contribution is -0.137. The van der Waals surface area contributed by atoms with Crippen LogP contribution in [0, 0.1) is 0 Å². The maximum Gasteiger partial charge on any atom is 0.416 e. The average molecular weight is 375 g/mol. The zero-order valence-corrected chi connectivity index (χ0v) is 14.2. The maximum absolute atomic E-state index is 12.5. The molecule has 0 saturated carbocycles. The third kappa shape index (κ3) is 6.43. The molecule has 5 nitrogen and oxygen atoms in total. The van der Waals surface area contributed by atoms with Gasteiger partial charge in [-0.2, -0.15) is 18.3 Å². The number of amides is 2. The predicted molar refractivity (Wildman–Crippen MR) is 96.8 cm³/mol. The summed E-state index contributed by atoms with van der Waals surface area (Å²) in [5, 5.41) is 5.97. The van der Waals surface area contributed by atoms with Crippen molar-refractivity contribution in [1.29, 1.82) is 0 Å². The molecule has 0 fully saturated rings. The first-order chi connectivity index (χ1) is 12.8. The van der Waals surface area contributed by atoms with Gasteiger partial charge in [0.05, 0.1) is 11.3 Å². The lowest BCUT2D eigenvalue weighted by Gasteiger charge is -2.08. The second kappa shape index (κ2) is 8.79. The van der Waals surface area contributed by atoms with E-state index in [0.717, 1.165) is 29.8 Å².